The number of benzene rings is 2. The summed E-state index contributed by atoms with van der Waals surface area (Å²) in [6, 6.07) is 15.7. The highest BCUT2D eigenvalue weighted by molar-refractivity contribution is 7.99. The molecule has 1 aliphatic rings. The van der Waals surface area contributed by atoms with Gasteiger partial charge >= 0.3 is 0 Å². The van der Waals surface area contributed by atoms with E-state index < -0.39 is 0 Å². The van der Waals surface area contributed by atoms with Gasteiger partial charge in [0, 0.05) is 15.8 Å². The molecule has 0 aromatic heterocycles. The average molecular weight is 283 g/mol. The summed E-state index contributed by atoms with van der Waals surface area (Å²) in [5, 5.41) is 0. The molecule has 20 heavy (non-hydrogen) atoms. The molecule has 2 N–H and O–H groups in total. The van der Waals surface area contributed by atoms with Crippen molar-refractivity contribution >= 4 is 11.8 Å². The molecule has 1 atom stereocenters. The van der Waals surface area contributed by atoms with Crippen LogP contribution in [-0.4, -0.2) is 0 Å². The van der Waals surface area contributed by atoms with Crippen molar-refractivity contribution in [1.82, 2.24) is 0 Å². The van der Waals surface area contributed by atoms with E-state index in [0.717, 1.165) is 6.42 Å². The largest absolute Gasteiger partial charge is 0.324 e. The fourth-order valence-electron chi connectivity index (χ4n) is 2.77. The summed E-state index contributed by atoms with van der Waals surface area (Å²) in [7, 11) is 0. The Labute approximate surface area is 125 Å². The molecule has 2 aromatic carbocycles. The molecule has 0 bridgehead atoms. The van der Waals surface area contributed by atoms with Gasteiger partial charge in [-0.05, 0) is 66.6 Å². The van der Waals surface area contributed by atoms with E-state index in [9.17, 15) is 0 Å². The molecule has 0 saturated heterocycles. The van der Waals surface area contributed by atoms with Crippen molar-refractivity contribution in [2.24, 2.45) is 5.73 Å². The fourth-order valence-corrected chi connectivity index (χ4v) is 3.65. The molecule has 1 aliphatic carbocycles. The van der Waals surface area contributed by atoms with E-state index in [1.54, 1.807) is 11.1 Å². The van der Waals surface area contributed by atoms with Gasteiger partial charge in [-0.15, -0.1) is 0 Å². The maximum atomic E-state index is 6.05. The Kier molecular flexibility index (Phi) is 4.13. The van der Waals surface area contributed by atoms with Crippen LogP contribution in [-0.2, 0) is 12.8 Å². The molecule has 0 spiro atoms. The lowest BCUT2D eigenvalue weighted by atomic mass is 10.1. The molecule has 1 nitrogen and oxygen atoms in total. The number of hydrogen-bond donors (Lipinski definition) is 1. The van der Waals surface area contributed by atoms with Crippen LogP contribution in [0.25, 0.3) is 0 Å². The van der Waals surface area contributed by atoms with Crippen LogP contribution < -0.4 is 5.73 Å². The highest BCUT2D eigenvalue weighted by Gasteiger charge is 2.11. The molecular weight excluding hydrogens is 262 g/mol. The Balaban J connectivity index is 1.74. The summed E-state index contributed by atoms with van der Waals surface area (Å²) in [5.74, 6) is 0. The molecule has 3 rings (SSSR count). The first-order valence-corrected chi connectivity index (χ1v) is 8.23. The second-order valence-corrected chi connectivity index (χ2v) is 6.62. The summed E-state index contributed by atoms with van der Waals surface area (Å²) < 4.78 is 0. The third kappa shape index (κ3) is 2.92. The number of fused-ring (bicyclic) bond motifs is 1. The standard InChI is InChI=1S/C18H21NS/c1-2-18(19)14-7-9-16(10-8-14)20-17-11-6-13-4-3-5-15(13)12-17/h6-12,18H,2-5,19H2,1H3/t18-/m1/s1. The molecule has 0 heterocycles. The zero-order chi connectivity index (χ0) is 13.9. The van der Waals surface area contributed by atoms with Gasteiger partial charge in [0.2, 0.25) is 0 Å². The van der Waals surface area contributed by atoms with E-state index in [2.05, 4.69) is 49.4 Å². The molecule has 0 saturated carbocycles. The monoisotopic (exact) mass is 283 g/mol. The Bertz CT molecular complexity index is 589. The van der Waals surface area contributed by atoms with Crippen LogP contribution in [0.3, 0.4) is 0 Å². The summed E-state index contributed by atoms with van der Waals surface area (Å²) >= 11 is 1.84. The minimum atomic E-state index is 0.161. The normalized spacial score (nSPS) is 15.1. The van der Waals surface area contributed by atoms with Gasteiger partial charge in [-0.25, -0.2) is 0 Å². The lowest BCUT2D eigenvalue weighted by Gasteiger charge is -2.10. The summed E-state index contributed by atoms with van der Waals surface area (Å²) in [4.78, 5) is 2.63. The Morgan fingerprint density at radius 1 is 1.00 bits per heavy atom. The topological polar surface area (TPSA) is 26.0 Å². The van der Waals surface area contributed by atoms with Gasteiger partial charge in [0.1, 0.15) is 0 Å². The van der Waals surface area contributed by atoms with Gasteiger partial charge in [-0.2, -0.15) is 0 Å². The van der Waals surface area contributed by atoms with E-state index in [0.29, 0.717) is 0 Å². The summed E-state index contributed by atoms with van der Waals surface area (Å²) in [6.45, 7) is 2.12. The smallest absolute Gasteiger partial charge is 0.0292 e. The maximum absolute atomic E-state index is 6.05. The van der Waals surface area contributed by atoms with Crippen molar-refractivity contribution < 1.29 is 0 Å². The third-order valence-electron chi connectivity index (χ3n) is 4.05. The first kappa shape index (κ1) is 13.7. The van der Waals surface area contributed by atoms with E-state index in [1.165, 1.54) is 34.6 Å². The van der Waals surface area contributed by atoms with E-state index in [4.69, 9.17) is 5.73 Å². The first-order chi connectivity index (χ1) is 9.76. The predicted molar refractivity (Wildman–Crippen MR) is 86.3 cm³/mol. The Hall–Kier alpha value is -1.25. The van der Waals surface area contributed by atoms with Crippen LogP contribution in [0.1, 0.15) is 42.5 Å². The average Bonchev–Trinajstić information content (AvgIpc) is 2.95. The number of nitrogens with two attached hydrogens (primary N) is 1. The number of hydrogen-bond acceptors (Lipinski definition) is 2. The molecule has 2 heteroatoms. The minimum Gasteiger partial charge on any atom is -0.324 e. The van der Waals surface area contributed by atoms with Crippen LogP contribution in [0.5, 0.6) is 0 Å². The molecule has 104 valence electrons. The van der Waals surface area contributed by atoms with Crippen molar-refractivity contribution in [2.45, 2.75) is 48.4 Å². The van der Waals surface area contributed by atoms with E-state index >= 15 is 0 Å². The van der Waals surface area contributed by atoms with E-state index in [-0.39, 0.29) is 6.04 Å². The van der Waals surface area contributed by atoms with E-state index in [1.807, 2.05) is 11.8 Å². The quantitative estimate of drug-likeness (QED) is 0.877. The van der Waals surface area contributed by atoms with Crippen LogP contribution >= 0.6 is 11.8 Å². The third-order valence-corrected chi connectivity index (χ3v) is 5.05. The van der Waals surface area contributed by atoms with Crippen LogP contribution in [0, 0.1) is 0 Å². The second kappa shape index (κ2) is 6.02. The van der Waals surface area contributed by atoms with Crippen molar-refractivity contribution in [2.75, 3.05) is 0 Å². The lowest BCUT2D eigenvalue weighted by molar-refractivity contribution is 0.698. The van der Waals surface area contributed by atoms with Crippen molar-refractivity contribution in [3.63, 3.8) is 0 Å². The van der Waals surface area contributed by atoms with Crippen LogP contribution in [0.4, 0.5) is 0 Å². The molecule has 0 unspecified atom stereocenters. The zero-order valence-corrected chi connectivity index (χ0v) is 12.7. The molecule has 0 radical (unpaired) electrons. The number of aryl methyl sites for hydroxylation is 2. The van der Waals surface area contributed by atoms with Gasteiger partial charge in [0.05, 0.1) is 0 Å². The molecule has 0 amide bonds. The molecule has 2 aromatic rings. The van der Waals surface area contributed by atoms with Gasteiger partial charge < -0.3 is 5.73 Å². The lowest BCUT2D eigenvalue weighted by Crippen LogP contribution is -2.07. The van der Waals surface area contributed by atoms with Crippen LogP contribution in [0.15, 0.2) is 52.3 Å². The van der Waals surface area contributed by atoms with Crippen LogP contribution in [0.2, 0.25) is 0 Å². The summed E-state index contributed by atoms with van der Waals surface area (Å²) in [5.41, 5.74) is 10.4. The van der Waals surface area contributed by atoms with Gasteiger partial charge in [-0.1, -0.05) is 36.9 Å². The van der Waals surface area contributed by atoms with Crippen molar-refractivity contribution in [3.05, 3.63) is 59.2 Å². The predicted octanol–water partition coefficient (Wildman–Crippen LogP) is 4.74. The fraction of sp³-hybridized carbons (Fsp3) is 0.333. The molecule has 0 fully saturated rings. The number of rotatable bonds is 4. The highest BCUT2D eigenvalue weighted by atomic mass is 32.2. The zero-order valence-electron chi connectivity index (χ0n) is 11.9. The second-order valence-electron chi connectivity index (χ2n) is 5.47. The Morgan fingerprint density at radius 2 is 1.70 bits per heavy atom. The minimum absolute atomic E-state index is 0.161. The van der Waals surface area contributed by atoms with Crippen molar-refractivity contribution in [3.8, 4) is 0 Å². The molecule has 0 aliphatic heterocycles. The van der Waals surface area contributed by atoms with Gasteiger partial charge in [0.15, 0.2) is 0 Å². The highest BCUT2D eigenvalue weighted by Crippen LogP contribution is 2.32. The Morgan fingerprint density at radius 3 is 2.45 bits per heavy atom. The SMILES string of the molecule is CC[C@@H](N)c1ccc(Sc2ccc3c(c2)CCC3)cc1. The first-order valence-electron chi connectivity index (χ1n) is 7.41. The molecular formula is C18H21NS. The van der Waals surface area contributed by atoms with Gasteiger partial charge in [0.25, 0.3) is 0 Å². The van der Waals surface area contributed by atoms with Gasteiger partial charge in [-0.3, -0.25) is 0 Å². The summed E-state index contributed by atoms with van der Waals surface area (Å²) in [6.07, 6.45) is 4.79. The maximum Gasteiger partial charge on any atom is 0.0292 e. The van der Waals surface area contributed by atoms with Crippen molar-refractivity contribution in [1.29, 1.82) is 0 Å².